The van der Waals surface area contributed by atoms with Crippen molar-refractivity contribution in [2.45, 2.75) is 25.7 Å². The fraction of sp³-hybridized carbons (Fsp3) is 0.462. The van der Waals surface area contributed by atoms with Crippen molar-refractivity contribution in [3.63, 3.8) is 0 Å². The Morgan fingerprint density at radius 3 is 2.82 bits per heavy atom. The molecule has 0 amide bonds. The molecule has 17 heavy (non-hydrogen) atoms. The number of rotatable bonds is 8. The number of carboxylic acid groups (broad SMARTS) is 1. The lowest BCUT2D eigenvalue weighted by Crippen LogP contribution is -2.18. The van der Waals surface area contributed by atoms with E-state index in [0.717, 1.165) is 36.8 Å². The second-order valence-electron chi connectivity index (χ2n) is 3.98. The van der Waals surface area contributed by atoms with Crippen LogP contribution in [0.25, 0.3) is 0 Å². The van der Waals surface area contributed by atoms with Gasteiger partial charge in [0.2, 0.25) is 0 Å². The van der Waals surface area contributed by atoms with Crippen molar-refractivity contribution >= 4 is 21.9 Å². The number of carboxylic acids is 1. The van der Waals surface area contributed by atoms with Crippen LogP contribution in [0.5, 0.6) is 0 Å². The molecule has 0 aliphatic heterocycles. The number of hydrogen-bond donors (Lipinski definition) is 2. The SMILES string of the molecule is O=C(O)CCCCNCCc1cccc(Br)c1. The molecule has 1 aromatic carbocycles. The summed E-state index contributed by atoms with van der Waals surface area (Å²) in [6.45, 7) is 1.82. The molecule has 0 aliphatic rings. The highest BCUT2D eigenvalue weighted by atomic mass is 79.9. The van der Waals surface area contributed by atoms with E-state index in [1.54, 1.807) is 0 Å². The average Bonchev–Trinajstić information content (AvgIpc) is 2.27. The molecule has 0 saturated carbocycles. The van der Waals surface area contributed by atoms with Gasteiger partial charge in [-0.05, 0) is 50.0 Å². The molecule has 0 spiro atoms. The minimum atomic E-state index is -0.709. The van der Waals surface area contributed by atoms with Crippen molar-refractivity contribution in [3.05, 3.63) is 34.3 Å². The highest BCUT2D eigenvalue weighted by Crippen LogP contribution is 2.11. The van der Waals surface area contributed by atoms with Gasteiger partial charge in [-0.3, -0.25) is 4.79 Å². The van der Waals surface area contributed by atoms with E-state index >= 15 is 0 Å². The number of carbonyl (C=O) groups is 1. The van der Waals surface area contributed by atoms with Gasteiger partial charge in [0.25, 0.3) is 0 Å². The number of unbranched alkanes of at least 4 members (excludes halogenated alkanes) is 1. The highest BCUT2D eigenvalue weighted by Gasteiger charge is 1.97. The molecule has 2 N–H and O–H groups in total. The van der Waals surface area contributed by atoms with E-state index in [2.05, 4.69) is 33.4 Å². The van der Waals surface area contributed by atoms with E-state index in [1.807, 2.05) is 12.1 Å². The van der Waals surface area contributed by atoms with Crippen molar-refractivity contribution < 1.29 is 9.90 Å². The molecule has 0 fully saturated rings. The Morgan fingerprint density at radius 2 is 2.12 bits per heavy atom. The Morgan fingerprint density at radius 1 is 1.29 bits per heavy atom. The van der Waals surface area contributed by atoms with Crippen molar-refractivity contribution in [2.75, 3.05) is 13.1 Å². The molecule has 0 unspecified atom stereocenters. The van der Waals surface area contributed by atoms with Crippen LogP contribution in [0.1, 0.15) is 24.8 Å². The second kappa shape index (κ2) is 8.25. The van der Waals surface area contributed by atoms with Crippen LogP contribution < -0.4 is 5.32 Å². The third-order valence-electron chi connectivity index (χ3n) is 2.47. The second-order valence-corrected chi connectivity index (χ2v) is 4.90. The summed E-state index contributed by atoms with van der Waals surface area (Å²) < 4.78 is 1.11. The summed E-state index contributed by atoms with van der Waals surface area (Å²) in [5.74, 6) is -0.709. The van der Waals surface area contributed by atoms with Gasteiger partial charge in [0.15, 0.2) is 0 Å². The molecular formula is C13H18BrNO2. The van der Waals surface area contributed by atoms with Gasteiger partial charge in [0.1, 0.15) is 0 Å². The topological polar surface area (TPSA) is 49.3 Å². The lowest BCUT2D eigenvalue weighted by molar-refractivity contribution is -0.137. The van der Waals surface area contributed by atoms with Gasteiger partial charge in [-0.25, -0.2) is 0 Å². The van der Waals surface area contributed by atoms with Crippen LogP contribution >= 0.6 is 15.9 Å². The molecule has 0 heterocycles. The van der Waals surface area contributed by atoms with Crippen LogP contribution in [0.15, 0.2) is 28.7 Å². The minimum absolute atomic E-state index is 0.271. The first-order valence-corrected chi connectivity index (χ1v) is 6.65. The molecule has 4 heteroatoms. The third-order valence-corrected chi connectivity index (χ3v) is 2.97. The minimum Gasteiger partial charge on any atom is -0.481 e. The zero-order valence-corrected chi connectivity index (χ0v) is 11.4. The number of halogens is 1. The molecule has 0 atom stereocenters. The maximum atomic E-state index is 10.3. The average molecular weight is 300 g/mol. The lowest BCUT2D eigenvalue weighted by Gasteiger charge is -2.04. The first kappa shape index (κ1) is 14.2. The van der Waals surface area contributed by atoms with Gasteiger partial charge >= 0.3 is 5.97 Å². The maximum Gasteiger partial charge on any atom is 0.303 e. The van der Waals surface area contributed by atoms with Crippen molar-refractivity contribution in [1.29, 1.82) is 0 Å². The molecule has 94 valence electrons. The Hall–Kier alpha value is -0.870. The van der Waals surface area contributed by atoms with Gasteiger partial charge in [-0.2, -0.15) is 0 Å². The van der Waals surface area contributed by atoms with Gasteiger partial charge in [-0.15, -0.1) is 0 Å². The molecule has 0 aliphatic carbocycles. The summed E-state index contributed by atoms with van der Waals surface area (Å²) in [5.41, 5.74) is 1.30. The molecule has 0 saturated heterocycles. The number of aliphatic carboxylic acids is 1. The predicted octanol–water partition coefficient (Wildman–Crippen LogP) is 2.84. The normalized spacial score (nSPS) is 10.4. The fourth-order valence-electron chi connectivity index (χ4n) is 1.58. The Bertz CT molecular complexity index is 355. The summed E-state index contributed by atoms with van der Waals surface area (Å²) >= 11 is 3.44. The summed E-state index contributed by atoms with van der Waals surface area (Å²) in [6, 6.07) is 8.28. The monoisotopic (exact) mass is 299 g/mol. The van der Waals surface area contributed by atoms with Crippen LogP contribution in [0, 0.1) is 0 Å². The number of nitrogens with one attached hydrogen (secondary N) is 1. The van der Waals surface area contributed by atoms with Crippen molar-refractivity contribution in [1.82, 2.24) is 5.32 Å². The van der Waals surface area contributed by atoms with Crippen molar-refractivity contribution in [3.8, 4) is 0 Å². The summed E-state index contributed by atoms with van der Waals surface area (Å²) in [4.78, 5) is 10.3. The molecule has 1 rings (SSSR count). The molecule has 0 bridgehead atoms. The van der Waals surface area contributed by atoms with Crippen LogP contribution in [0.2, 0.25) is 0 Å². The summed E-state index contributed by atoms with van der Waals surface area (Å²) in [7, 11) is 0. The smallest absolute Gasteiger partial charge is 0.303 e. The standard InChI is InChI=1S/C13H18BrNO2/c14-12-5-3-4-11(10-12)7-9-15-8-2-1-6-13(16)17/h3-5,10,15H,1-2,6-9H2,(H,16,17). The van der Waals surface area contributed by atoms with E-state index in [0.29, 0.717) is 0 Å². The van der Waals surface area contributed by atoms with E-state index in [4.69, 9.17) is 5.11 Å². The van der Waals surface area contributed by atoms with Gasteiger partial charge in [0.05, 0.1) is 0 Å². The van der Waals surface area contributed by atoms with Gasteiger partial charge in [-0.1, -0.05) is 28.1 Å². The first-order chi connectivity index (χ1) is 8.18. The number of hydrogen-bond acceptors (Lipinski definition) is 2. The number of benzene rings is 1. The Balaban J connectivity index is 2.03. The van der Waals surface area contributed by atoms with Crippen molar-refractivity contribution in [2.24, 2.45) is 0 Å². The van der Waals surface area contributed by atoms with Crippen LogP contribution in [-0.2, 0) is 11.2 Å². The zero-order chi connectivity index (χ0) is 12.5. The maximum absolute atomic E-state index is 10.3. The third kappa shape index (κ3) is 7.13. The Labute approximate surface area is 110 Å². The molecule has 0 aromatic heterocycles. The zero-order valence-electron chi connectivity index (χ0n) is 9.79. The van der Waals surface area contributed by atoms with Gasteiger partial charge in [0, 0.05) is 10.9 Å². The van der Waals surface area contributed by atoms with Crippen LogP contribution in [0.4, 0.5) is 0 Å². The van der Waals surface area contributed by atoms with Crippen LogP contribution in [-0.4, -0.2) is 24.2 Å². The van der Waals surface area contributed by atoms with E-state index in [-0.39, 0.29) is 6.42 Å². The Kier molecular flexibility index (Phi) is 6.89. The predicted molar refractivity (Wildman–Crippen MR) is 72.2 cm³/mol. The van der Waals surface area contributed by atoms with Gasteiger partial charge < -0.3 is 10.4 Å². The molecule has 3 nitrogen and oxygen atoms in total. The highest BCUT2D eigenvalue weighted by molar-refractivity contribution is 9.10. The van der Waals surface area contributed by atoms with E-state index in [1.165, 1.54) is 5.56 Å². The molecular weight excluding hydrogens is 282 g/mol. The molecule has 1 aromatic rings. The summed E-state index contributed by atoms with van der Waals surface area (Å²) in [5, 5.41) is 11.8. The quantitative estimate of drug-likeness (QED) is 0.726. The summed E-state index contributed by atoms with van der Waals surface area (Å²) in [6.07, 6.45) is 2.94. The van der Waals surface area contributed by atoms with E-state index < -0.39 is 5.97 Å². The fourth-order valence-corrected chi connectivity index (χ4v) is 2.02. The molecule has 0 radical (unpaired) electrons. The van der Waals surface area contributed by atoms with E-state index in [9.17, 15) is 4.79 Å². The lowest BCUT2D eigenvalue weighted by atomic mass is 10.1. The largest absolute Gasteiger partial charge is 0.481 e. The van der Waals surface area contributed by atoms with Crippen LogP contribution in [0.3, 0.4) is 0 Å². The first-order valence-electron chi connectivity index (χ1n) is 5.85.